The first-order valence-electron chi connectivity index (χ1n) is 11.5. The molecule has 190 valence electrons. The van der Waals surface area contributed by atoms with E-state index in [1.54, 1.807) is 12.1 Å². The van der Waals surface area contributed by atoms with Crippen molar-refractivity contribution in [1.82, 2.24) is 5.32 Å². The van der Waals surface area contributed by atoms with Crippen LogP contribution in [-0.4, -0.2) is 25.0 Å². The number of rotatable bonds is 6. The van der Waals surface area contributed by atoms with Crippen molar-refractivity contribution in [3.63, 3.8) is 0 Å². The number of nitrogens with zero attached hydrogens (tertiary/aromatic N) is 1. The molecule has 0 radical (unpaired) electrons. The van der Waals surface area contributed by atoms with Crippen LogP contribution in [-0.2, 0) is 16.2 Å². The highest BCUT2D eigenvalue weighted by Crippen LogP contribution is 2.38. The molecule has 4 aromatic rings. The number of carbonyl (C=O) groups excluding carboxylic acids is 3. The summed E-state index contributed by atoms with van der Waals surface area (Å²) in [6.45, 7) is 0.275. The minimum Gasteiger partial charge on any atom is -0.493 e. The van der Waals surface area contributed by atoms with Crippen molar-refractivity contribution in [3.8, 4) is 11.5 Å². The maximum absolute atomic E-state index is 14.3. The van der Waals surface area contributed by atoms with E-state index < -0.39 is 23.7 Å². The van der Waals surface area contributed by atoms with Gasteiger partial charge in [-0.15, -0.1) is 0 Å². The molecule has 0 aliphatic carbocycles. The Bertz CT molecular complexity index is 1630. The Morgan fingerprint density at radius 1 is 0.974 bits per heavy atom. The zero-order valence-electron chi connectivity index (χ0n) is 20.0. The summed E-state index contributed by atoms with van der Waals surface area (Å²) < 4.78 is 26.5. The van der Waals surface area contributed by atoms with Crippen LogP contribution < -0.4 is 19.7 Å². The van der Waals surface area contributed by atoms with Crippen LogP contribution in [0.15, 0.2) is 88.9 Å². The molecule has 1 fully saturated rings. The molecule has 4 amide bonds. The zero-order chi connectivity index (χ0) is 26.8. The number of anilines is 1. The van der Waals surface area contributed by atoms with Crippen LogP contribution in [0.1, 0.15) is 11.1 Å². The van der Waals surface area contributed by atoms with Crippen molar-refractivity contribution in [3.05, 3.63) is 106 Å². The maximum Gasteiger partial charge on any atom is 0.336 e. The van der Waals surface area contributed by atoms with Gasteiger partial charge in [0.15, 0.2) is 11.5 Å². The van der Waals surface area contributed by atoms with Gasteiger partial charge < -0.3 is 9.47 Å². The van der Waals surface area contributed by atoms with Gasteiger partial charge in [0.05, 0.1) is 17.3 Å². The van der Waals surface area contributed by atoms with Gasteiger partial charge in [0.1, 0.15) is 18.0 Å². The zero-order valence-corrected chi connectivity index (χ0v) is 21.6. The largest absolute Gasteiger partial charge is 0.493 e. The van der Waals surface area contributed by atoms with Crippen molar-refractivity contribution in [1.29, 1.82) is 0 Å². The third-order valence-corrected chi connectivity index (χ3v) is 6.60. The number of barbiturate groups is 1. The first-order valence-corrected chi connectivity index (χ1v) is 12.3. The van der Waals surface area contributed by atoms with Crippen LogP contribution in [0.3, 0.4) is 0 Å². The van der Waals surface area contributed by atoms with E-state index in [1.807, 2.05) is 42.5 Å². The lowest BCUT2D eigenvalue weighted by atomic mass is 10.1. The van der Waals surface area contributed by atoms with Crippen molar-refractivity contribution in [2.24, 2.45) is 0 Å². The fourth-order valence-electron chi connectivity index (χ4n) is 4.21. The van der Waals surface area contributed by atoms with Gasteiger partial charge in [0.2, 0.25) is 0 Å². The smallest absolute Gasteiger partial charge is 0.336 e. The molecule has 1 heterocycles. The van der Waals surface area contributed by atoms with Crippen molar-refractivity contribution in [2.45, 2.75) is 6.61 Å². The lowest BCUT2D eigenvalue weighted by Gasteiger charge is -2.26. The molecule has 0 aromatic heterocycles. The summed E-state index contributed by atoms with van der Waals surface area (Å²) in [7, 11) is 1.47. The molecular formula is C29H20BrFN2O5. The number of benzene rings is 4. The van der Waals surface area contributed by atoms with Crippen molar-refractivity contribution >= 4 is 56.3 Å². The fourth-order valence-corrected chi connectivity index (χ4v) is 4.78. The highest BCUT2D eigenvalue weighted by molar-refractivity contribution is 9.10. The highest BCUT2D eigenvalue weighted by atomic mass is 79.9. The number of amides is 4. The number of ether oxygens (including phenoxy) is 2. The van der Waals surface area contributed by atoms with E-state index in [1.165, 1.54) is 31.4 Å². The molecule has 1 N–H and O–H groups in total. The molecule has 0 atom stereocenters. The van der Waals surface area contributed by atoms with Crippen LogP contribution in [0.5, 0.6) is 11.5 Å². The van der Waals surface area contributed by atoms with Gasteiger partial charge in [-0.3, -0.25) is 14.9 Å². The van der Waals surface area contributed by atoms with Crippen LogP contribution >= 0.6 is 15.9 Å². The number of halogens is 2. The number of hydrogen-bond donors (Lipinski definition) is 1. The number of hydrogen-bond acceptors (Lipinski definition) is 5. The fraction of sp³-hybridized carbons (Fsp3) is 0.0690. The molecule has 4 aromatic carbocycles. The third kappa shape index (κ3) is 4.76. The standard InChI is InChI=1S/C29H20BrFN2O5/c1-37-25-15-17(13-21-27(34)32-29(36)33(28(21)35)24-12-5-4-11-23(24)31)14-22(30)26(25)38-16-19-9-6-8-18-7-2-3-10-20(18)19/h2-15H,16H2,1H3,(H,32,34,36)/b21-13-. The number of urea groups is 1. The third-order valence-electron chi connectivity index (χ3n) is 6.01. The Kier molecular flexibility index (Phi) is 6.93. The van der Waals surface area contributed by atoms with Gasteiger partial charge in [-0.1, -0.05) is 54.6 Å². The maximum atomic E-state index is 14.3. The van der Waals surface area contributed by atoms with Crippen LogP contribution in [0, 0.1) is 5.82 Å². The minimum atomic E-state index is -1.03. The van der Waals surface area contributed by atoms with Gasteiger partial charge in [-0.05, 0) is 68.2 Å². The molecule has 1 aliphatic rings. The van der Waals surface area contributed by atoms with E-state index in [-0.39, 0.29) is 17.9 Å². The second-order valence-electron chi connectivity index (χ2n) is 8.37. The summed E-state index contributed by atoms with van der Waals surface area (Å²) in [6.07, 6.45) is 1.31. The second-order valence-corrected chi connectivity index (χ2v) is 9.22. The molecular weight excluding hydrogens is 555 g/mol. The number of carbonyl (C=O) groups is 3. The Morgan fingerprint density at radius 3 is 2.50 bits per heavy atom. The monoisotopic (exact) mass is 574 g/mol. The molecule has 9 heteroatoms. The highest BCUT2D eigenvalue weighted by Gasteiger charge is 2.38. The van der Waals surface area contributed by atoms with Gasteiger partial charge in [0.25, 0.3) is 11.8 Å². The average molecular weight is 575 g/mol. The molecule has 1 saturated heterocycles. The number of methoxy groups -OCH3 is 1. The van der Waals surface area contributed by atoms with Gasteiger partial charge >= 0.3 is 6.03 Å². The molecule has 0 saturated carbocycles. The van der Waals surface area contributed by atoms with E-state index in [0.717, 1.165) is 22.4 Å². The average Bonchev–Trinajstić information content (AvgIpc) is 2.91. The molecule has 0 spiro atoms. The number of para-hydroxylation sites is 1. The van der Waals surface area contributed by atoms with E-state index in [0.29, 0.717) is 26.4 Å². The summed E-state index contributed by atoms with van der Waals surface area (Å²) in [4.78, 5) is 38.6. The molecule has 0 bridgehead atoms. The topological polar surface area (TPSA) is 84.9 Å². The minimum absolute atomic E-state index is 0.260. The Morgan fingerprint density at radius 2 is 1.71 bits per heavy atom. The Balaban J connectivity index is 1.45. The first-order chi connectivity index (χ1) is 18.4. The first kappa shape index (κ1) is 25.2. The molecule has 1 aliphatic heterocycles. The Hall–Kier alpha value is -4.50. The normalized spacial score (nSPS) is 14.7. The SMILES string of the molecule is COc1cc(/C=C2/C(=O)NC(=O)N(c3ccccc3F)C2=O)cc(Br)c1OCc1cccc2ccccc12. The Labute approximate surface area is 225 Å². The van der Waals surface area contributed by atoms with E-state index >= 15 is 0 Å². The molecule has 5 rings (SSSR count). The summed E-state index contributed by atoms with van der Waals surface area (Å²) in [5.74, 6) is -1.82. The van der Waals surface area contributed by atoms with E-state index in [4.69, 9.17) is 9.47 Å². The van der Waals surface area contributed by atoms with Gasteiger partial charge in [-0.25, -0.2) is 14.1 Å². The molecule has 0 unspecified atom stereocenters. The van der Waals surface area contributed by atoms with Crippen LogP contribution in [0.25, 0.3) is 16.8 Å². The van der Waals surface area contributed by atoms with Crippen LogP contribution in [0.2, 0.25) is 0 Å². The summed E-state index contributed by atoms with van der Waals surface area (Å²) >= 11 is 3.49. The summed E-state index contributed by atoms with van der Waals surface area (Å²) in [6, 6.07) is 21.5. The van der Waals surface area contributed by atoms with Gasteiger partial charge in [0, 0.05) is 0 Å². The van der Waals surface area contributed by atoms with Crippen LogP contribution in [0.4, 0.5) is 14.9 Å². The van der Waals surface area contributed by atoms with Crippen molar-refractivity contribution in [2.75, 3.05) is 12.0 Å². The number of fused-ring (bicyclic) bond motifs is 1. The number of nitrogens with one attached hydrogen (secondary N) is 1. The summed E-state index contributed by atoms with van der Waals surface area (Å²) in [5.41, 5.74) is 0.814. The lowest BCUT2D eigenvalue weighted by molar-refractivity contribution is -0.122. The molecule has 7 nitrogen and oxygen atoms in total. The van der Waals surface area contributed by atoms with E-state index in [2.05, 4.69) is 21.2 Å². The summed E-state index contributed by atoms with van der Waals surface area (Å²) in [5, 5.41) is 4.26. The van der Waals surface area contributed by atoms with E-state index in [9.17, 15) is 18.8 Å². The number of imide groups is 2. The second kappa shape index (κ2) is 10.5. The van der Waals surface area contributed by atoms with Crippen molar-refractivity contribution < 1.29 is 28.2 Å². The predicted molar refractivity (Wildman–Crippen MR) is 144 cm³/mol. The molecule has 38 heavy (non-hydrogen) atoms. The van der Waals surface area contributed by atoms with Gasteiger partial charge in [-0.2, -0.15) is 0 Å². The quantitative estimate of drug-likeness (QED) is 0.226. The predicted octanol–water partition coefficient (Wildman–Crippen LogP) is 6.00. The lowest BCUT2D eigenvalue weighted by Crippen LogP contribution is -2.54.